The van der Waals surface area contributed by atoms with Crippen molar-refractivity contribution >= 4 is 22.6 Å². The summed E-state index contributed by atoms with van der Waals surface area (Å²) in [5.74, 6) is 1.03. The second kappa shape index (κ2) is 7.42. The van der Waals surface area contributed by atoms with Crippen LogP contribution in [-0.2, 0) is 13.1 Å². The Bertz CT molecular complexity index is 547. The molecule has 1 fully saturated rings. The Kier molecular flexibility index (Phi) is 5.32. The van der Waals surface area contributed by atoms with Gasteiger partial charge in [0, 0.05) is 12.6 Å². The highest BCUT2D eigenvalue weighted by atomic mass is 127. The fraction of sp³-hybridized carbons (Fsp3) is 0.412. The lowest BCUT2D eigenvalue weighted by atomic mass is 10.0. The first-order valence-electron chi connectivity index (χ1n) is 7.53. The third kappa shape index (κ3) is 4.56. The monoisotopic (exact) mass is 396 g/mol. The molecule has 112 valence electrons. The van der Waals surface area contributed by atoms with Crippen LogP contribution in [0.4, 0.5) is 0 Å². The van der Waals surface area contributed by atoms with E-state index in [0.717, 1.165) is 22.6 Å². The summed E-state index contributed by atoms with van der Waals surface area (Å²) in [7, 11) is 0. The van der Waals surface area contributed by atoms with E-state index in [1.165, 1.54) is 31.5 Å². The lowest BCUT2D eigenvalue weighted by Gasteiger charge is -2.32. The van der Waals surface area contributed by atoms with Gasteiger partial charge in [0.05, 0.1) is 6.54 Å². The molecule has 0 aliphatic carbocycles. The van der Waals surface area contributed by atoms with Crippen molar-refractivity contribution in [2.75, 3.05) is 13.1 Å². The summed E-state index contributed by atoms with van der Waals surface area (Å²) in [6.07, 6.45) is 2.43. The number of hydrogen-bond acceptors (Lipinski definition) is 3. The smallest absolute Gasteiger partial charge is 0.164 e. The molecule has 4 heteroatoms. The van der Waals surface area contributed by atoms with Gasteiger partial charge < -0.3 is 9.73 Å². The summed E-state index contributed by atoms with van der Waals surface area (Å²) in [4.78, 5) is 2.54. The number of likely N-dealkylation sites (tertiary alicyclic amines) is 1. The summed E-state index contributed by atoms with van der Waals surface area (Å²) >= 11 is 2.21. The van der Waals surface area contributed by atoms with Crippen molar-refractivity contribution < 1.29 is 4.42 Å². The van der Waals surface area contributed by atoms with Crippen LogP contribution in [0.3, 0.4) is 0 Å². The van der Waals surface area contributed by atoms with Crippen LogP contribution in [0.15, 0.2) is 46.9 Å². The van der Waals surface area contributed by atoms with Crippen LogP contribution in [0.1, 0.15) is 24.2 Å². The molecule has 1 aliphatic rings. The molecule has 3 rings (SSSR count). The molecular weight excluding hydrogens is 375 g/mol. The van der Waals surface area contributed by atoms with Crippen molar-refractivity contribution in [3.8, 4) is 0 Å². The molecule has 2 aromatic rings. The van der Waals surface area contributed by atoms with E-state index >= 15 is 0 Å². The van der Waals surface area contributed by atoms with Gasteiger partial charge in [-0.25, -0.2) is 0 Å². The molecule has 21 heavy (non-hydrogen) atoms. The number of nitrogens with zero attached hydrogens (tertiary/aromatic N) is 1. The van der Waals surface area contributed by atoms with Gasteiger partial charge in [0.25, 0.3) is 0 Å². The molecule has 3 nitrogen and oxygen atoms in total. The van der Waals surface area contributed by atoms with Gasteiger partial charge in [0.1, 0.15) is 5.76 Å². The Hall–Kier alpha value is -0.850. The van der Waals surface area contributed by atoms with Crippen LogP contribution >= 0.6 is 22.6 Å². The molecule has 0 atom stereocenters. The lowest BCUT2D eigenvalue weighted by Crippen LogP contribution is -2.41. The van der Waals surface area contributed by atoms with Crippen molar-refractivity contribution in [1.82, 2.24) is 10.2 Å². The van der Waals surface area contributed by atoms with Gasteiger partial charge in [-0.05, 0) is 66.2 Å². The van der Waals surface area contributed by atoms with E-state index in [1.54, 1.807) is 0 Å². The largest absolute Gasteiger partial charge is 0.454 e. The van der Waals surface area contributed by atoms with Crippen molar-refractivity contribution in [3.63, 3.8) is 0 Å². The van der Waals surface area contributed by atoms with Gasteiger partial charge in [0.15, 0.2) is 3.77 Å². The minimum Gasteiger partial charge on any atom is -0.454 e. The number of halogens is 1. The Morgan fingerprint density at radius 2 is 1.86 bits per heavy atom. The SMILES string of the molecule is Ic1ccc(CNC2CCN(Cc3ccccc3)CC2)o1. The quantitative estimate of drug-likeness (QED) is 0.783. The van der Waals surface area contributed by atoms with Crippen LogP contribution < -0.4 is 5.32 Å². The molecule has 2 heterocycles. The number of benzene rings is 1. The minimum atomic E-state index is 0.611. The number of furan rings is 1. The van der Waals surface area contributed by atoms with Gasteiger partial charge in [0.2, 0.25) is 0 Å². The molecule has 0 radical (unpaired) electrons. The van der Waals surface area contributed by atoms with Crippen LogP contribution in [0.5, 0.6) is 0 Å². The second-order valence-corrected chi connectivity index (χ2v) is 6.69. The zero-order chi connectivity index (χ0) is 14.5. The lowest BCUT2D eigenvalue weighted by molar-refractivity contribution is 0.188. The highest BCUT2D eigenvalue weighted by Crippen LogP contribution is 2.15. The second-order valence-electron chi connectivity index (χ2n) is 5.62. The summed E-state index contributed by atoms with van der Waals surface area (Å²) in [5, 5.41) is 3.61. The predicted octanol–water partition coefficient (Wildman–Crippen LogP) is 3.64. The van der Waals surface area contributed by atoms with E-state index in [1.807, 2.05) is 6.07 Å². The fourth-order valence-electron chi connectivity index (χ4n) is 2.83. The minimum absolute atomic E-state index is 0.611. The fourth-order valence-corrected chi connectivity index (χ4v) is 3.29. The molecule has 0 unspecified atom stereocenters. The first-order chi connectivity index (χ1) is 10.3. The van der Waals surface area contributed by atoms with Gasteiger partial charge in [-0.3, -0.25) is 4.90 Å². The van der Waals surface area contributed by atoms with Crippen molar-refractivity contribution in [2.45, 2.75) is 32.0 Å². The van der Waals surface area contributed by atoms with Crippen LogP contribution in [0.2, 0.25) is 0 Å². The Labute approximate surface area is 139 Å². The molecule has 1 N–H and O–H groups in total. The summed E-state index contributed by atoms with van der Waals surface area (Å²) in [6, 6.07) is 15.4. The maximum atomic E-state index is 5.59. The van der Waals surface area contributed by atoms with E-state index in [-0.39, 0.29) is 0 Å². The molecule has 1 saturated heterocycles. The molecule has 1 aliphatic heterocycles. The summed E-state index contributed by atoms with van der Waals surface area (Å²) in [6.45, 7) is 4.25. The van der Waals surface area contributed by atoms with Crippen LogP contribution in [-0.4, -0.2) is 24.0 Å². The third-order valence-electron chi connectivity index (χ3n) is 4.03. The Morgan fingerprint density at radius 3 is 2.52 bits per heavy atom. The normalized spacial score (nSPS) is 17.2. The van der Waals surface area contributed by atoms with Crippen molar-refractivity contribution in [1.29, 1.82) is 0 Å². The molecule has 0 bridgehead atoms. The predicted molar refractivity (Wildman–Crippen MR) is 93.0 cm³/mol. The molecular formula is C17H21IN2O. The maximum absolute atomic E-state index is 5.59. The van der Waals surface area contributed by atoms with Crippen LogP contribution in [0, 0.1) is 3.77 Å². The van der Waals surface area contributed by atoms with Crippen molar-refractivity contribution in [2.24, 2.45) is 0 Å². The molecule has 1 aromatic heterocycles. The summed E-state index contributed by atoms with van der Waals surface area (Å²) < 4.78 is 6.55. The Balaban J connectivity index is 1.40. The van der Waals surface area contributed by atoms with Gasteiger partial charge in [-0.15, -0.1) is 0 Å². The zero-order valence-corrected chi connectivity index (χ0v) is 14.3. The first-order valence-corrected chi connectivity index (χ1v) is 8.61. The average molecular weight is 396 g/mol. The van der Waals surface area contributed by atoms with Gasteiger partial charge >= 0.3 is 0 Å². The number of nitrogens with one attached hydrogen (secondary N) is 1. The molecule has 0 amide bonds. The molecule has 1 aromatic carbocycles. The zero-order valence-electron chi connectivity index (χ0n) is 12.1. The number of hydrogen-bond donors (Lipinski definition) is 1. The van der Waals surface area contributed by atoms with E-state index in [9.17, 15) is 0 Å². The Morgan fingerprint density at radius 1 is 1.10 bits per heavy atom. The topological polar surface area (TPSA) is 28.4 Å². The third-order valence-corrected chi connectivity index (χ3v) is 4.61. The van der Waals surface area contributed by atoms with Crippen LogP contribution in [0.25, 0.3) is 0 Å². The number of rotatable bonds is 5. The summed E-state index contributed by atoms with van der Waals surface area (Å²) in [5.41, 5.74) is 1.41. The maximum Gasteiger partial charge on any atom is 0.164 e. The van der Waals surface area contributed by atoms with Crippen molar-refractivity contribution in [3.05, 3.63) is 57.6 Å². The molecule has 0 spiro atoms. The van der Waals surface area contributed by atoms with E-state index in [2.05, 4.69) is 69.2 Å². The van der Waals surface area contributed by atoms with E-state index in [0.29, 0.717) is 6.04 Å². The first kappa shape index (κ1) is 15.1. The number of piperidine rings is 1. The van der Waals surface area contributed by atoms with Gasteiger partial charge in [-0.1, -0.05) is 30.3 Å². The highest BCUT2D eigenvalue weighted by Gasteiger charge is 2.19. The average Bonchev–Trinajstić information content (AvgIpc) is 2.93. The van der Waals surface area contributed by atoms with Gasteiger partial charge in [-0.2, -0.15) is 0 Å². The standard InChI is InChI=1S/C17H21IN2O/c18-17-7-6-16(21-17)12-19-15-8-10-20(11-9-15)13-14-4-2-1-3-5-14/h1-7,15,19H,8-13H2. The highest BCUT2D eigenvalue weighted by molar-refractivity contribution is 14.1. The van der Waals surface area contributed by atoms with E-state index < -0.39 is 0 Å². The molecule has 0 saturated carbocycles. The van der Waals surface area contributed by atoms with E-state index in [4.69, 9.17) is 4.42 Å².